The van der Waals surface area contributed by atoms with Crippen molar-refractivity contribution >= 4 is 12.2 Å². The Bertz CT molecular complexity index is 390. The molecule has 1 aliphatic heterocycles. The molecule has 0 spiro atoms. The maximum absolute atomic E-state index is 9.69. The van der Waals surface area contributed by atoms with Gasteiger partial charge in [-0.2, -0.15) is 0 Å². The molecule has 0 unspecified atom stereocenters. The molecule has 0 aliphatic carbocycles. The van der Waals surface area contributed by atoms with Crippen LogP contribution in [0.1, 0.15) is 6.23 Å². The quantitative estimate of drug-likeness (QED) is 0.499. The number of hydrogen-bond donors (Lipinski definition) is 4. The van der Waals surface area contributed by atoms with Crippen LogP contribution in [0.15, 0.2) is 12.4 Å². The predicted octanol–water partition coefficient (Wildman–Crippen LogP) is -0.843. The van der Waals surface area contributed by atoms with Gasteiger partial charge in [0.05, 0.1) is 6.61 Å². The highest BCUT2D eigenvalue weighted by atomic mass is 32.1. The first kappa shape index (κ1) is 10.8. The molecule has 2 heterocycles. The summed E-state index contributed by atoms with van der Waals surface area (Å²) < 4.78 is 7.18. The average molecular weight is 232 g/mol. The van der Waals surface area contributed by atoms with E-state index in [1.807, 2.05) is 0 Å². The number of nitrogens with one attached hydrogen (secondary N) is 1. The van der Waals surface area contributed by atoms with Crippen molar-refractivity contribution in [3.63, 3.8) is 0 Å². The lowest BCUT2D eigenvalue weighted by molar-refractivity contribution is -0.0534. The summed E-state index contributed by atoms with van der Waals surface area (Å²) in [5.41, 5.74) is 0. The zero-order chi connectivity index (χ0) is 11.0. The molecule has 1 fully saturated rings. The van der Waals surface area contributed by atoms with E-state index in [4.69, 9.17) is 22.1 Å². The molecule has 1 aromatic heterocycles. The number of ether oxygens (including phenoxy) is 1. The SMILES string of the molecule is OC[C@H]1O[C@@H](n2cc[nH]c2=S)[C@H](O)[C@@H]1O. The Morgan fingerprint density at radius 2 is 2.20 bits per heavy atom. The Kier molecular flexibility index (Phi) is 2.89. The number of aromatic nitrogens is 2. The molecule has 15 heavy (non-hydrogen) atoms. The number of imidazole rings is 1. The van der Waals surface area contributed by atoms with Gasteiger partial charge in [0.2, 0.25) is 0 Å². The minimum Gasteiger partial charge on any atom is -0.394 e. The first-order valence-corrected chi connectivity index (χ1v) is 4.94. The minimum atomic E-state index is -1.10. The van der Waals surface area contributed by atoms with Crippen LogP contribution in [0.4, 0.5) is 0 Å². The van der Waals surface area contributed by atoms with Gasteiger partial charge in [-0.3, -0.25) is 4.57 Å². The fourth-order valence-corrected chi connectivity index (χ4v) is 1.87. The van der Waals surface area contributed by atoms with Crippen LogP contribution in [0, 0.1) is 4.77 Å². The number of aliphatic hydroxyl groups is 3. The van der Waals surface area contributed by atoms with Gasteiger partial charge < -0.3 is 25.0 Å². The van der Waals surface area contributed by atoms with Gasteiger partial charge in [0, 0.05) is 12.4 Å². The lowest BCUT2D eigenvalue weighted by Gasteiger charge is -2.15. The van der Waals surface area contributed by atoms with E-state index in [0.29, 0.717) is 4.77 Å². The third-order valence-corrected chi connectivity index (χ3v) is 2.80. The van der Waals surface area contributed by atoms with Crippen molar-refractivity contribution in [1.82, 2.24) is 9.55 Å². The highest BCUT2D eigenvalue weighted by Crippen LogP contribution is 2.29. The summed E-state index contributed by atoms with van der Waals surface area (Å²) >= 11 is 4.96. The molecule has 4 N–H and O–H groups in total. The van der Waals surface area contributed by atoms with Crippen LogP contribution in [0.2, 0.25) is 0 Å². The summed E-state index contributed by atoms with van der Waals surface area (Å²) in [7, 11) is 0. The highest BCUT2D eigenvalue weighted by molar-refractivity contribution is 7.71. The smallest absolute Gasteiger partial charge is 0.179 e. The number of aliphatic hydroxyl groups excluding tert-OH is 3. The largest absolute Gasteiger partial charge is 0.394 e. The molecule has 84 valence electrons. The van der Waals surface area contributed by atoms with E-state index >= 15 is 0 Å². The Labute approximate surface area is 90.7 Å². The van der Waals surface area contributed by atoms with Gasteiger partial charge >= 0.3 is 0 Å². The zero-order valence-electron chi connectivity index (χ0n) is 7.78. The normalized spacial score (nSPS) is 35.9. The summed E-state index contributed by atoms with van der Waals surface area (Å²) in [5.74, 6) is 0. The van der Waals surface area contributed by atoms with E-state index in [9.17, 15) is 10.2 Å². The summed E-state index contributed by atoms with van der Waals surface area (Å²) in [6, 6.07) is 0. The lowest BCUT2D eigenvalue weighted by atomic mass is 10.1. The third kappa shape index (κ3) is 1.72. The van der Waals surface area contributed by atoms with Crippen molar-refractivity contribution in [2.75, 3.05) is 6.61 Å². The minimum absolute atomic E-state index is 0.341. The number of rotatable bonds is 2. The van der Waals surface area contributed by atoms with E-state index < -0.39 is 24.5 Å². The van der Waals surface area contributed by atoms with Crippen molar-refractivity contribution in [1.29, 1.82) is 0 Å². The third-order valence-electron chi connectivity index (χ3n) is 2.47. The summed E-state index contributed by atoms with van der Waals surface area (Å²) in [6.45, 7) is -0.341. The van der Waals surface area contributed by atoms with E-state index in [1.165, 1.54) is 4.57 Å². The maximum atomic E-state index is 9.69. The number of aromatic amines is 1. The second-order valence-corrected chi connectivity index (χ2v) is 3.79. The second-order valence-electron chi connectivity index (χ2n) is 3.40. The molecular formula is C8H12N2O4S. The molecule has 0 aromatic carbocycles. The standard InChI is InChI=1S/C8H12N2O4S/c11-3-4-5(12)6(13)7(14-4)10-2-1-9-8(10)15/h1-2,4-7,11-13H,3H2,(H,9,15)/t4-,5-,6-,7-/m1/s1. The first-order chi connectivity index (χ1) is 7.15. The van der Waals surface area contributed by atoms with Crippen LogP contribution in [0.5, 0.6) is 0 Å². The highest BCUT2D eigenvalue weighted by Gasteiger charge is 2.43. The predicted molar refractivity (Wildman–Crippen MR) is 52.6 cm³/mol. The van der Waals surface area contributed by atoms with Gasteiger partial charge in [-0.05, 0) is 12.2 Å². The van der Waals surface area contributed by atoms with Gasteiger partial charge in [0.1, 0.15) is 18.3 Å². The Balaban J connectivity index is 2.26. The van der Waals surface area contributed by atoms with Crippen LogP contribution in [0.3, 0.4) is 0 Å². The van der Waals surface area contributed by atoms with Crippen LogP contribution in [-0.2, 0) is 4.74 Å². The zero-order valence-corrected chi connectivity index (χ0v) is 8.59. The number of nitrogens with zero attached hydrogens (tertiary/aromatic N) is 1. The van der Waals surface area contributed by atoms with E-state index in [1.54, 1.807) is 12.4 Å². The Morgan fingerprint density at radius 1 is 1.47 bits per heavy atom. The summed E-state index contributed by atoms with van der Waals surface area (Å²) in [6.07, 6.45) is -0.501. The molecule has 6 nitrogen and oxygen atoms in total. The number of H-pyrrole nitrogens is 1. The van der Waals surface area contributed by atoms with Crippen molar-refractivity contribution in [3.05, 3.63) is 17.2 Å². The van der Waals surface area contributed by atoms with Crippen molar-refractivity contribution < 1.29 is 20.1 Å². The Hall–Kier alpha value is -0.730. The van der Waals surface area contributed by atoms with Crippen LogP contribution >= 0.6 is 12.2 Å². The molecule has 0 saturated carbocycles. The maximum Gasteiger partial charge on any atom is 0.179 e. The summed E-state index contributed by atoms with van der Waals surface area (Å²) in [4.78, 5) is 2.76. The molecule has 1 saturated heterocycles. The van der Waals surface area contributed by atoms with E-state index in [0.717, 1.165) is 0 Å². The van der Waals surface area contributed by atoms with Crippen molar-refractivity contribution in [2.24, 2.45) is 0 Å². The monoisotopic (exact) mass is 232 g/mol. The Morgan fingerprint density at radius 3 is 2.67 bits per heavy atom. The van der Waals surface area contributed by atoms with Gasteiger partial charge in [0.25, 0.3) is 0 Å². The fourth-order valence-electron chi connectivity index (χ4n) is 1.64. The molecular weight excluding hydrogens is 220 g/mol. The van der Waals surface area contributed by atoms with E-state index in [2.05, 4.69) is 4.98 Å². The van der Waals surface area contributed by atoms with Crippen molar-refractivity contribution in [3.8, 4) is 0 Å². The molecule has 4 atom stereocenters. The topological polar surface area (TPSA) is 90.6 Å². The van der Waals surface area contributed by atoms with Gasteiger partial charge in [-0.25, -0.2) is 0 Å². The summed E-state index contributed by atoms with van der Waals surface area (Å²) in [5, 5.41) is 28.1. The molecule has 2 rings (SSSR count). The molecule has 0 amide bonds. The molecule has 1 aliphatic rings. The average Bonchev–Trinajstić information content (AvgIpc) is 2.74. The first-order valence-electron chi connectivity index (χ1n) is 4.53. The van der Waals surface area contributed by atoms with Crippen LogP contribution in [0.25, 0.3) is 0 Å². The number of hydrogen-bond acceptors (Lipinski definition) is 5. The van der Waals surface area contributed by atoms with Crippen LogP contribution in [-0.4, -0.2) is 49.8 Å². The van der Waals surface area contributed by atoms with Gasteiger partial charge in [0.15, 0.2) is 11.0 Å². The lowest BCUT2D eigenvalue weighted by Crippen LogP contribution is -2.33. The van der Waals surface area contributed by atoms with Crippen LogP contribution < -0.4 is 0 Å². The van der Waals surface area contributed by atoms with E-state index in [-0.39, 0.29) is 6.61 Å². The van der Waals surface area contributed by atoms with Gasteiger partial charge in [-0.1, -0.05) is 0 Å². The molecule has 7 heteroatoms. The molecule has 1 aromatic rings. The fraction of sp³-hybridized carbons (Fsp3) is 0.625. The molecule has 0 radical (unpaired) electrons. The van der Waals surface area contributed by atoms with Gasteiger partial charge in [-0.15, -0.1) is 0 Å². The molecule has 0 bridgehead atoms. The van der Waals surface area contributed by atoms with Crippen molar-refractivity contribution in [2.45, 2.75) is 24.5 Å². The second kappa shape index (κ2) is 4.03.